The zero-order chi connectivity index (χ0) is 17.6. The lowest BCUT2D eigenvalue weighted by Gasteiger charge is -2.16. The monoisotopic (exact) mass is 431 g/mol. The van der Waals surface area contributed by atoms with Gasteiger partial charge in [-0.2, -0.15) is 0 Å². The van der Waals surface area contributed by atoms with Crippen LogP contribution in [-0.2, 0) is 7.59 Å². The molecule has 0 saturated carbocycles. The topological polar surface area (TPSA) is 38.7 Å². The minimum atomic E-state index is -1.86. The maximum atomic E-state index is 5.88. The molecular formula is C14H11Cl6N3. The van der Waals surface area contributed by atoms with Crippen molar-refractivity contribution in [2.75, 3.05) is 0 Å². The highest BCUT2D eigenvalue weighted by molar-refractivity contribution is 6.67. The average Bonchev–Trinajstić information content (AvgIpc) is 2.41. The Morgan fingerprint density at radius 1 is 0.696 bits per heavy atom. The van der Waals surface area contributed by atoms with Gasteiger partial charge in [-0.3, -0.25) is 0 Å². The van der Waals surface area contributed by atoms with E-state index in [-0.39, 0.29) is 17.5 Å². The second-order valence-corrected chi connectivity index (χ2v) is 9.60. The molecule has 0 saturated heterocycles. The van der Waals surface area contributed by atoms with E-state index >= 15 is 0 Å². The van der Waals surface area contributed by atoms with E-state index in [0.29, 0.717) is 0 Å². The number of benzene rings is 1. The van der Waals surface area contributed by atoms with Crippen molar-refractivity contribution in [2.45, 2.75) is 28.4 Å². The summed E-state index contributed by atoms with van der Waals surface area (Å²) in [6.45, 7) is 6.00. The van der Waals surface area contributed by atoms with Gasteiger partial charge in [-0.15, -0.1) is 0 Å². The van der Waals surface area contributed by atoms with E-state index in [9.17, 15) is 0 Å². The summed E-state index contributed by atoms with van der Waals surface area (Å²) in [6.07, 6.45) is 0. The molecule has 0 fully saturated rings. The first-order chi connectivity index (χ1) is 10.4. The summed E-state index contributed by atoms with van der Waals surface area (Å²) in [6, 6.07) is 3.84. The minimum absolute atomic E-state index is 0.107. The first kappa shape index (κ1) is 19.3. The molecule has 0 unspecified atom stereocenters. The van der Waals surface area contributed by atoms with Gasteiger partial charge in [-0.05, 0) is 49.6 Å². The Balaban J connectivity index is 2.72. The van der Waals surface area contributed by atoms with Crippen LogP contribution in [0.4, 0.5) is 0 Å². The van der Waals surface area contributed by atoms with Gasteiger partial charge in [-0.25, -0.2) is 15.0 Å². The molecule has 0 aliphatic rings. The third-order valence-corrected chi connectivity index (χ3v) is 4.34. The smallest absolute Gasteiger partial charge is 0.209 e. The van der Waals surface area contributed by atoms with E-state index in [0.717, 1.165) is 16.7 Å². The molecule has 9 heteroatoms. The van der Waals surface area contributed by atoms with Gasteiger partial charge in [0.2, 0.25) is 7.59 Å². The molecule has 1 aromatic carbocycles. The van der Waals surface area contributed by atoms with Gasteiger partial charge >= 0.3 is 0 Å². The normalized spacial score (nSPS) is 12.6. The molecule has 0 spiro atoms. The van der Waals surface area contributed by atoms with Gasteiger partial charge in [0.1, 0.15) is 0 Å². The second kappa shape index (κ2) is 6.70. The van der Waals surface area contributed by atoms with E-state index in [4.69, 9.17) is 69.6 Å². The molecule has 0 aliphatic heterocycles. The van der Waals surface area contributed by atoms with Crippen molar-refractivity contribution in [3.63, 3.8) is 0 Å². The van der Waals surface area contributed by atoms with Crippen molar-refractivity contribution in [1.29, 1.82) is 0 Å². The SMILES string of the molecule is Cc1cc(-c2nc(C(Cl)(Cl)Cl)nc(C(Cl)(Cl)Cl)n2)cc(C)c1C. The van der Waals surface area contributed by atoms with Crippen LogP contribution in [0.2, 0.25) is 0 Å². The van der Waals surface area contributed by atoms with Crippen molar-refractivity contribution in [1.82, 2.24) is 15.0 Å². The van der Waals surface area contributed by atoms with Gasteiger partial charge in [-0.1, -0.05) is 69.6 Å². The van der Waals surface area contributed by atoms with Gasteiger partial charge in [0, 0.05) is 5.56 Å². The first-order valence-electron chi connectivity index (χ1n) is 6.38. The Bertz CT molecular complexity index is 694. The van der Waals surface area contributed by atoms with Gasteiger partial charge in [0.15, 0.2) is 17.5 Å². The average molecular weight is 434 g/mol. The van der Waals surface area contributed by atoms with Gasteiger partial charge in [0.25, 0.3) is 0 Å². The molecule has 0 bridgehead atoms. The number of nitrogens with zero attached hydrogens (tertiary/aromatic N) is 3. The fourth-order valence-corrected chi connectivity index (χ4v) is 2.43. The summed E-state index contributed by atoms with van der Waals surface area (Å²) >= 11 is 35.3. The Labute approximate surface area is 164 Å². The number of hydrogen-bond donors (Lipinski definition) is 0. The van der Waals surface area contributed by atoms with Crippen molar-refractivity contribution in [2.24, 2.45) is 0 Å². The lowest BCUT2D eigenvalue weighted by Crippen LogP contribution is -2.16. The lowest BCUT2D eigenvalue weighted by molar-refractivity contribution is 0.851. The molecule has 0 atom stereocenters. The van der Waals surface area contributed by atoms with E-state index in [1.54, 1.807) is 0 Å². The molecule has 0 radical (unpaired) electrons. The minimum Gasteiger partial charge on any atom is -0.209 e. The summed E-state index contributed by atoms with van der Waals surface area (Å²) in [5.74, 6) is 0.0586. The van der Waals surface area contributed by atoms with Crippen molar-refractivity contribution < 1.29 is 0 Å². The quantitative estimate of drug-likeness (QED) is 0.508. The molecule has 0 N–H and O–H groups in total. The highest BCUT2D eigenvalue weighted by Gasteiger charge is 2.34. The number of alkyl halides is 6. The largest absolute Gasteiger partial charge is 0.250 e. The van der Waals surface area contributed by atoms with Crippen molar-refractivity contribution in [3.05, 3.63) is 40.5 Å². The molecule has 124 valence electrons. The van der Waals surface area contributed by atoms with E-state index in [1.807, 2.05) is 32.9 Å². The fraction of sp³-hybridized carbons (Fsp3) is 0.357. The van der Waals surface area contributed by atoms with Crippen LogP contribution in [0.15, 0.2) is 12.1 Å². The van der Waals surface area contributed by atoms with E-state index in [2.05, 4.69) is 15.0 Å². The zero-order valence-corrected chi connectivity index (χ0v) is 16.8. The van der Waals surface area contributed by atoms with Crippen LogP contribution in [0, 0.1) is 20.8 Å². The van der Waals surface area contributed by atoms with Crippen LogP contribution in [-0.4, -0.2) is 15.0 Å². The molecule has 0 aliphatic carbocycles. The highest BCUT2D eigenvalue weighted by atomic mass is 35.6. The maximum absolute atomic E-state index is 5.88. The van der Waals surface area contributed by atoms with Crippen LogP contribution in [0.5, 0.6) is 0 Å². The highest BCUT2D eigenvalue weighted by Crippen LogP contribution is 2.40. The summed E-state index contributed by atoms with van der Waals surface area (Å²) in [4.78, 5) is 12.4. The number of hydrogen-bond acceptors (Lipinski definition) is 3. The van der Waals surface area contributed by atoms with Crippen LogP contribution in [0.1, 0.15) is 28.3 Å². The Morgan fingerprint density at radius 3 is 1.43 bits per heavy atom. The first-order valence-corrected chi connectivity index (χ1v) is 8.65. The number of rotatable bonds is 1. The van der Waals surface area contributed by atoms with Crippen molar-refractivity contribution >= 4 is 69.6 Å². The summed E-state index contributed by atoms with van der Waals surface area (Å²) < 4.78 is -3.73. The molecule has 1 heterocycles. The van der Waals surface area contributed by atoms with Crippen LogP contribution >= 0.6 is 69.6 Å². The molecule has 2 aromatic rings. The van der Waals surface area contributed by atoms with E-state index in [1.165, 1.54) is 5.56 Å². The van der Waals surface area contributed by atoms with Crippen LogP contribution < -0.4 is 0 Å². The third kappa shape index (κ3) is 4.53. The molecular weight excluding hydrogens is 423 g/mol. The molecule has 0 amide bonds. The molecule has 3 nitrogen and oxygen atoms in total. The summed E-state index contributed by atoms with van der Waals surface area (Å²) in [5.41, 5.74) is 4.04. The van der Waals surface area contributed by atoms with E-state index < -0.39 is 7.59 Å². The van der Waals surface area contributed by atoms with Crippen LogP contribution in [0.3, 0.4) is 0 Å². The number of aromatic nitrogens is 3. The van der Waals surface area contributed by atoms with Gasteiger partial charge < -0.3 is 0 Å². The predicted octanol–water partition coefficient (Wildman–Crippen LogP) is 6.12. The van der Waals surface area contributed by atoms with Crippen LogP contribution in [0.25, 0.3) is 11.4 Å². The zero-order valence-electron chi connectivity index (χ0n) is 12.3. The van der Waals surface area contributed by atoms with Gasteiger partial charge in [0.05, 0.1) is 0 Å². The molecule has 2 rings (SSSR count). The Morgan fingerprint density at radius 2 is 1.09 bits per heavy atom. The maximum Gasteiger partial charge on any atom is 0.250 e. The second-order valence-electron chi connectivity index (χ2n) is 5.04. The summed E-state index contributed by atoms with van der Waals surface area (Å²) in [5, 5.41) is 0. The lowest BCUT2D eigenvalue weighted by atomic mass is 10.0. The summed E-state index contributed by atoms with van der Waals surface area (Å²) in [7, 11) is 0. The Hall–Kier alpha value is -0.0300. The van der Waals surface area contributed by atoms with Crippen molar-refractivity contribution in [3.8, 4) is 11.4 Å². The Kier molecular flexibility index (Phi) is 5.62. The predicted molar refractivity (Wildman–Crippen MR) is 97.9 cm³/mol. The standard InChI is InChI=1S/C14H11Cl6N3/c1-6-4-9(5-7(2)8(6)3)10-21-11(13(15,16)17)23-12(22-10)14(18,19)20/h4-5H,1-3H3. The number of aryl methyl sites for hydroxylation is 2. The third-order valence-electron chi connectivity index (χ3n) is 3.33. The molecule has 1 aromatic heterocycles. The molecule has 23 heavy (non-hydrogen) atoms. The fourth-order valence-electron chi connectivity index (χ4n) is 1.92. The number of halogens is 6.